The zero-order valence-electron chi connectivity index (χ0n) is 20.8. The van der Waals surface area contributed by atoms with Gasteiger partial charge in [-0.2, -0.15) is 0 Å². The number of carbonyl (C=O) groups is 2. The van der Waals surface area contributed by atoms with Crippen LogP contribution in [-0.2, 0) is 15.1 Å². The van der Waals surface area contributed by atoms with Gasteiger partial charge in [0.05, 0.1) is 17.3 Å². The predicted molar refractivity (Wildman–Crippen MR) is 134 cm³/mol. The van der Waals surface area contributed by atoms with Crippen LogP contribution in [0.5, 0.6) is 0 Å². The van der Waals surface area contributed by atoms with E-state index in [1.165, 1.54) is 4.90 Å². The lowest BCUT2D eigenvalue weighted by molar-refractivity contribution is -0.144. The van der Waals surface area contributed by atoms with E-state index in [2.05, 4.69) is 15.6 Å². The van der Waals surface area contributed by atoms with E-state index in [4.69, 9.17) is 23.2 Å². The topological polar surface area (TPSA) is 100 Å². The average molecular weight is 522 g/mol. The van der Waals surface area contributed by atoms with Gasteiger partial charge in [-0.25, -0.2) is 4.68 Å². The Balaban J connectivity index is 1.59. The molecule has 0 bridgehead atoms. The van der Waals surface area contributed by atoms with Crippen molar-refractivity contribution in [1.82, 2.24) is 25.2 Å². The van der Waals surface area contributed by atoms with Crippen molar-refractivity contribution in [2.24, 2.45) is 5.41 Å². The van der Waals surface area contributed by atoms with Gasteiger partial charge in [0.1, 0.15) is 12.1 Å². The van der Waals surface area contributed by atoms with E-state index in [0.29, 0.717) is 21.5 Å². The van der Waals surface area contributed by atoms with Gasteiger partial charge in [0, 0.05) is 40.7 Å². The second-order valence-corrected chi connectivity index (χ2v) is 12.1. The van der Waals surface area contributed by atoms with Gasteiger partial charge in [-0.15, -0.1) is 5.10 Å². The van der Waals surface area contributed by atoms with Crippen LogP contribution in [0.1, 0.15) is 77.1 Å². The summed E-state index contributed by atoms with van der Waals surface area (Å²) in [5, 5.41) is 22.9. The SMILES string of the molecule is CC(C)(NC(=O)C1CC(O)CN1C(=O)[C@@H](n1cc(C2CC2)nn1)C(C)(C)C)c1c(Cl)cccc1Cl. The molecule has 1 aromatic carbocycles. The summed E-state index contributed by atoms with van der Waals surface area (Å²) in [5.74, 6) is -0.235. The lowest BCUT2D eigenvalue weighted by Crippen LogP contribution is -2.53. The molecular weight excluding hydrogens is 489 g/mol. The molecule has 10 heteroatoms. The fourth-order valence-electron chi connectivity index (χ4n) is 4.87. The van der Waals surface area contributed by atoms with Crippen molar-refractivity contribution in [1.29, 1.82) is 0 Å². The molecule has 2 amide bonds. The molecule has 1 aliphatic carbocycles. The van der Waals surface area contributed by atoms with E-state index in [9.17, 15) is 14.7 Å². The van der Waals surface area contributed by atoms with Crippen molar-refractivity contribution in [3.05, 3.63) is 45.7 Å². The zero-order valence-corrected chi connectivity index (χ0v) is 22.3. The van der Waals surface area contributed by atoms with E-state index >= 15 is 0 Å². The minimum absolute atomic E-state index is 0.0704. The maximum atomic E-state index is 13.9. The summed E-state index contributed by atoms with van der Waals surface area (Å²) in [6.07, 6.45) is 3.35. The van der Waals surface area contributed by atoms with Crippen LogP contribution in [0, 0.1) is 5.41 Å². The second kappa shape index (κ2) is 9.37. The number of hydrogen-bond donors (Lipinski definition) is 2. The van der Waals surface area contributed by atoms with E-state index in [1.807, 2.05) is 40.8 Å². The first-order valence-corrected chi connectivity index (χ1v) is 12.7. The third kappa shape index (κ3) is 5.34. The van der Waals surface area contributed by atoms with Crippen LogP contribution < -0.4 is 5.32 Å². The van der Waals surface area contributed by atoms with Gasteiger partial charge in [0.25, 0.3) is 0 Å². The van der Waals surface area contributed by atoms with Gasteiger partial charge in [-0.1, -0.05) is 55.3 Å². The van der Waals surface area contributed by atoms with E-state index in [-0.39, 0.29) is 24.8 Å². The lowest BCUT2D eigenvalue weighted by atomic mass is 9.85. The molecule has 0 radical (unpaired) electrons. The standard InChI is InChI=1S/C25H33Cl2N5O3/c1-24(2,3)21(32-13-18(29-30-32)14-9-10-14)23(35)31-12-15(33)11-19(31)22(34)28-25(4,5)20-16(26)7-6-8-17(20)27/h6-8,13-15,19,21,33H,9-12H2,1-5H3,(H,28,34)/t15?,19?,21-/m1/s1. The number of amides is 2. The van der Waals surface area contributed by atoms with Crippen molar-refractivity contribution in [3.63, 3.8) is 0 Å². The summed E-state index contributed by atoms with van der Waals surface area (Å²) in [6, 6.07) is 3.66. The Morgan fingerprint density at radius 1 is 1.14 bits per heavy atom. The van der Waals surface area contributed by atoms with Crippen molar-refractivity contribution < 1.29 is 14.7 Å². The minimum Gasteiger partial charge on any atom is -0.391 e. The third-order valence-electron chi connectivity index (χ3n) is 6.73. The Hall–Kier alpha value is -2.16. The summed E-state index contributed by atoms with van der Waals surface area (Å²) in [5.41, 5.74) is 0.0884. The Morgan fingerprint density at radius 3 is 2.34 bits per heavy atom. The van der Waals surface area contributed by atoms with Crippen LogP contribution in [0.4, 0.5) is 0 Å². The summed E-state index contributed by atoms with van der Waals surface area (Å²) in [4.78, 5) is 28.9. The summed E-state index contributed by atoms with van der Waals surface area (Å²) in [6.45, 7) is 9.56. The minimum atomic E-state index is -0.900. The maximum Gasteiger partial charge on any atom is 0.248 e. The highest BCUT2D eigenvalue weighted by atomic mass is 35.5. The monoisotopic (exact) mass is 521 g/mol. The van der Waals surface area contributed by atoms with E-state index in [1.54, 1.807) is 22.9 Å². The first-order chi connectivity index (χ1) is 16.3. The molecule has 190 valence electrons. The first-order valence-electron chi connectivity index (χ1n) is 12.0. The Morgan fingerprint density at radius 2 is 1.77 bits per heavy atom. The summed E-state index contributed by atoms with van der Waals surface area (Å²) >= 11 is 12.8. The number of halogens is 2. The first kappa shape index (κ1) is 25.9. The Labute approximate surface area is 216 Å². The largest absolute Gasteiger partial charge is 0.391 e. The number of carbonyl (C=O) groups excluding carboxylic acids is 2. The van der Waals surface area contributed by atoms with Gasteiger partial charge in [0.15, 0.2) is 0 Å². The number of aromatic nitrogens is 3. The highest BCUT2D eigenvalue weighted by Gasteiger charge is 2.46. The van der Waals surface area contributed by atoms with Crippen molar-refractivity contribution in [2.45, 2.75) is 83.5 Å². The van der Waals surface area contributed by atoms with Gasteiger partial charge in [-0.3, -0.25) is 9.59 Å². The number of benzene rings is 1. The molecule has 0 spiro atoms. The van der Waals surface area contributed by atoms with Gasteiger partial charge in [-0.05, 0) is 44.2 Å². The van der Waals surface area contributed by atoms with Gasteiger partial charge >= 0.3 is 0 Å². The van der Waals surface area contributed by atoms with Crippen LogP contribution in [0.2, 0.25) is 10.0 Å². The fourth-order valence-corrected chi connectivity index (χ4v) is 5.74. The molecule has 2 heterocycles. The number of rotatable bonds is 6. The summed E-state index contributed by atoms with van der Waals surface area (Å²) in [7, 11) is 0. The normalized spacial score (nSPS) is 21.8. The number of hydrogen-bond acceptors (Lipinski definition) is 5. The molecule has 1 aromatic heterocycles. The second-order valence-electron chi connectivity index (χ2n) is 11.3. The highest BCUT2D eigenvalue weighted by Crippen LogP contribution is 2.40. The number of nitrogens with one attached hydrogen (secondary N) is 1. The molecule has 1 saturated carbocycles. The number of aliphatic hydroxyl groups excluding tert-OH is 1. The van der Waals surface area contributed by atoms with Gasteiger partial charge in [0.2, 0.25) is 11.8 Å². The van der Waals surface area contributed by atoms with Crippen LogP contribution in [-0.4, -0.2) is 55.5 Å². The smallest absolute Gasteiger partial charge is 0.248 e. The molecule has 2 aromatic rings. The Bertz CT molecular complexity index is 1100. The molecule has 8 nitrogen and oxygen atoms in total. The third-order valence-corrected chi connectivity index (χ3v) is 7.36. The molecule has 35 heavy (non-hydrogen) atoms. The molecule has 3 atom stereocenters. The fraction of sp³-hybridized carbons (Fsp3) is 0.600. The lowest BCUT2D eigenvalue weighted by Gasteiger charge is -2.36. The molecular formula is C25H33Cl2N5O3. The number of likely N-dealkylation sites (tertiary alicyclic amines) is 1. The van der Waals surface area contributed by atoms with Crippen LogP contribution in [0.15, 0.2) is 24.4 Å². The molecule has 2 N–H and O–H groups in total. The highest BCUT2D eigenvalue weighted by molar-refractivity contribution is 6.36. The molecule has 2 fully saturated rings. The van der Waals surface area contributed by atoms with E-state index in [0.717, 1.165) is 18.5 Å². The van der Waals surface area contributed by atoms with Crippen LogP contribution in [0.25, 0.3) is 0 Å². The quantitative estimate of drug-likeness (QED) is 0.596. The molecule has 4 rings (SSSR count). The number of β-amino-alcohol motifs (C(OH)–C–C–N with tert-alkyl or cyclic N) is 1. The van der Waals surface area contributed by atoms with Gasteiger partial charge < -0.3 is 15.3 Å². The molecule has 2 unspecified atom stereocenters. The van der Waals surface area contributed by atoms with E-state index < -0.39 is 29.1 Å². The molecule has 1 saturated heterocycles. The van der Waals surface area contributed by atoms with Crippen molar-refractivity contribution in [3.8, 4) is 0 Å². The Kier molecular flexibility index (Phi) is 6.94. The summed E-state index contributed by atoms with van der Waals surface area (Å²) < 4.78 is 1.61. The van der Waals surface area contributed by atoms with Crippen molar-refractivity contribution in [2.75, 3.05) is 6.54 Å². The molecule has 1 aliphatic heterocycles. The zero-order chi connectivity index (χ0) is 25.7. The van der Waals surface area contributed by atoms with Crippen LogP contribution >= 0.6 is 23.2 Å². The number of nitrogens with zero attached hydrogens (tertiary/aromatic N) is 4. The molecule has 2 aliphatic rings. The van der Waals surface area contributed by atoms with Crippen LogP contribution in [0.3, 0.4) is 0 Å². The predicted octanol–water partition coefficient (Wildman–Crippen LogP) is 4.06. The number of aliphatic hydroxyl groups is 1. The van der Waals surface area contributed by atoms with Crippen molar-refractivity contribution >= 4 is 35.0 Å². The maximum absolute atomic E-state index is 13.9. The average Bonchev–Trinajstić information content (AvgIpc) is 3.33.